The molecule has 0 heterocycles. The van der Waals surface area contributed by atoms with Crippen molar-refractivity contribution < 1.29 is 13.2 Å². The van der Waals surface area contributed by atoms with E-state index in [1.807, 2.05) is 32.0 Å². The quantitative estimate of drug-likeness (QED) is 0.922. The van der Waals surface area contributed by atoms with Crippen LogP contribution in [0.2, 0.25) is 0 Å². The summed E-state index contributed by atoms with van der Waals surface area (Å²) >= 11 is 0. The van der Waals surface area contributed by atoms with Gasteiger partial charge in [-0.2, -0.15) is 0 Å². The zero-order valence-electron chi connectivity index (χ0n) is 11.9. The fraction of sp³-hybridized carbons (Fsp3) is 0.333. The molecule has 2 aromatic carbocycles. The maximum absolute atomic E-state index is 12.5. The van der Waals surface area contributed by atoms with Gasteiger partial charge in [-0.25, -0.2) is 13.1 Å². The highest BCUT2D eigenvalue weighted by molar-refractivity contribution is 7.89. The Balaban J connectivity index is 2.61. The van der Waals surface area contributed by atoms with Crippen LogP contribution in [0.4, 0.5) is 0 Å². The minimum Gasteiger partial charge on any atom is -0.496 e. The summed E-state index contributed by atoms with van der Waals surface area (Å²) in [5, 5.41) is 1.46. The van der Waals surface area contributed by atoms with Gasteiger partial charge in [0.05, 0.1) is 12.0 Å². The highest BCUT2D eigenvalue weighted by Gasteiger charge is 2.20. The number of methoxy groups -OCH3 is 1. The predicted octanol–water partition coefficient (Wildman–Crippen LogP) is 2.93. The normalized spacial score (nSPS) is 13.3. The Morgan fingerprint density at radius 2 is 1.80 bits per heavy atom. The molecule has 0 fully saturated rings. The molecule has 0 aliphatic rings. The second-order valence-corrected chi connectivity index (χ2v) is 6.42. The van der Waals surface area contributed by atoms with Gasteiger partial charge >= 0.3 is 0 Å². The molecule has 0 aromatic heterocycles. The first-order valence-electron chi connectivity index (χ1n) is 6.57. The summed E-state index contributed by atoms with van der Waals surface area (Å²) in [5.74, 6) is 0.670. The van der Waals surface area contributed by atoms with Crippen molar-refractivity contribution in [1.82, 2.24) is 4.72 Å². The molecule has 1 atom stereocenters. The molecule has 2 aromatic rings. The lowest BCUT2D eigenvalue weighted by molar-refractivity contribution is 0.419. The van der Waals surface area contributed by atoms with E-state index >= 15 is 0 Å². The molecule has 5 heteroatoms. The molecular weight excluding hydrogens is 274 g/mol. The maximum Gasteiger partial charge on any atom is 0.241 e. The summed E-state index contributed by atoms with van der Waals surface area (Å²) in [5.41, 5.74) is 0. The molecule has 108 valence electrons. The van der Waals surface area contributed by atoms with Crippen LogP contribution in [0.15, 0.2) is 41.3 Å². The van der Waals surface area contributed by atoms with Crippen molar-refractivity contribution in [1.29, 1.82) is 0 Å². The Labute approximate surface area is 119 Å². The van der Waals surface area contributed by atoms with Crippen molar-refractivity contribution in [3.05, 3.63) is 36.4 Å². The van der Waals surface area contributed by atoms with E-state index in [4.69, 9.17) is 4.74 Å². The smallest absolute Gasteiger partial charge is 0.241 e. The minimum atomic E-state index is -3.53. The number of hydrogen-bond acceptors (Lipinski definition) is 3. The zero-order valence-corrected chi connectivity index (χ0v) is 12.7. The first-order chi connectivity index (χ1) is 9.49. The van der Waals surface area contributed by atoms with Crippen molar-refractivity contribution in [3.63, 3.8) is 0 Å². The highest BCUT2D eigenvalue weighted by atomic mass is 32.2. The molecule has 20 heavy (non-hydrogen) atoms. The second-order valence-electron chi connectivity index (χ2n) is 4.74. The van der Waals surface area contributed by atoms with Gasteiger partial charge < -0.3 is 4.74 Å². The van der Waals surface area contributed by atoms with Gasteiger partial charge in [-0.3, -0.25) is 0 Å². The molecule has 0 saturated carbocycles. The lowest BCUT2D eigenvalue weighted by Gasteiger charge is -2.15. The average Bonchev–Trinajstić information content (AvgIpc) is 2.45. The number of ether oxygens (including phenoxy) is 1. The largest absolute Gasteiger partial charge is 0.496 e. The zero-order chi connectivity index (χ0) is 14.8. The number of hydrogen-bond donors (Lipinski definition) is 1. The van der Waals surface area contributed by atoms with Gasteiger partial charge in [0, 0.05) is 16.8 Å². The minimum absolute atomic E-state index is 0.0964. The summed E-state index contributed by atoms with van der Waals surface area (Å²) < 4.78 is 32.9. The molecule has 0 radical (unpaired) electrons. The van der Waals surface area contributed by atoms with Gasteiger partial charge in [0.1, 0.15) is 5.75 Å². The lowest BCUT2D eigenvalue weighted by Crippen LogP contribution is -2.32. The topological polar surface area (TPSA) is 55.4 Å². The molecule has 0 aliphatic carbocycles. The fourth-order valence-corrected chi connectivity index (χ4v) is 3.61. The van der Waals surface area contributed by atoms with Crippen LogP contribution in [-0.2, 0) is 10.0 Å². The standard InChI is InChI=1S/C15H19NO3S/c1-4-11(2)16-20(17,18)15-10-9-14(19-3)12-7-5-6-8-13(12)15/h5-11,16H,4H2,1-3H3. The Hall–Kier alpha value is -1.59. The highest BCUT2D eigenvalue weighted by Crippen LogP contribution is 2.30. The van der Waals surface area contributed by atoms with Crippen LogP contribution in [0.3, 0.4) is 0 Å². The molecule has 4 nitrogen and oxygen atoms in total. The third-order valence-corrected chi connectivity index (χ3v) is 4.97. The molecule has 0 spiro atoms. The summed E-state index contributed by atoms with van der Waals surface area (Å²) in [6.07, 6.45) is 0.743. The molecule has 1 N–H and O–H groups in total. The van der Waals surface area contributed by atoms with Crippen molar-refractivity contribution in [3.8, 4) is 5.75 Å². The lowest BCUT2D eigenvalue weighted by atomic mass is 10.1. The third kappa shape index (κ3) is 2.78. The Morgan fingerprint density at radius 3 is 2.40 bits per heavy atom. The van der Waals surface area contributed by atoms with Crippen molar-refractivity contribution in [2.24, 2.45) is 0 Å². The number of benzene rings is 2. The van der Waals surface area contributed by atoms with Gasteiger partial charge in [-0.15, -0.1) is 0 Å². The van der Waals surface area contributed by atoms with E-state index in [-0.39, 0.29) is 10.9 Å². The molecule has 0 saturated heterocycles. The van der Waals surface area contributed by atoms with Gasteiger partial charge in [-0.1, -0.05) is 31.2 Å². The Bertz CT molecular complexity index is 710. The van der Waals surface area contributed by atoms with Crippen LogP contribution in [0, 0.1) is 0 Å². The second kappa shape index (κ2) is 5.81. The number of nitrogens with one attached hydrogen (secondary N) is 1. The first kappa shape index (κ1) is 14.8. The van der Waals surface area contributed by atoms with E-state index in [1.165, 1.54) is 0 Å². The fourth-order valence-electron chi connectivity index (χ4n) is 2.07. The van der Waals surface area contributed by atoms with E-state index < -0.39 is 10.0 Å². The summed E-state index contributed by atoms with van der Waals surface area (Å²) in [4.78, 5) is 0.286. The summed E-state index contributed by atoms with van der Waals surface area (Å²) in [6, 6.07) is 10.5. The van der Waals surface area contributed by atoms with Crippen LogP contribution in [0.25, 0.3) is 10.8 Å². The van der Waals surface area contributed by atoms with Crippen LogP contribution in [0.5, 0.6) is 5.75 Å². The van der Waals surface area contributed by atoms with E-state index in [9.17, 15) is 8.42 Å². The number of sulfonamides is 1. The number of rotatable bonds is 5. The van der Waals surface area contributed by atoms with E-state index in [1.54, 1.807) is 25.3 Å². The van der Waals surface area contributed by atoms with Crippen LogP contribution >= 0.6 is 0 Å². The number of fused-ring (bicyclic) bond motifs is 1. The van der Waals surface area contributed by atoms with Gasteiger partial charge in [0.2, 0.25) is 10.0 Å². The molecule has 0 bridgehead atoms. The predicted molar refractivity (Wildman–Crippen MR) is 80.6 cm³/mol. The molecule has 1 unspecified atom stereocenters. The van der Waals surface area contributed by atoms with Gasteiger partial charge in [-0.05, 0) is 25.5 Å². The Morgan fingerprint density at radius 1 is 1.15 bits per heavy atom. The SMILES string of the molecule is CCC(C)NS(=O)(=O)c1ccc(OC)c2ccccc12. The molecule has 0 amide bonds. The van der Waals surface area contributed by atoms with Gasteiger partial charge in [0.15, 0.2) is 0 Å². The van der Waals surface area contributed by atoms with E-state index in [0.717, 1.165) is 11.8 Å². The Kier molecular flexibility index (Phi) is 4.30. The molecule has 0 aliphatic heterocycles. The van der Waals surface area contributed by atoms with Crippen molar-refractivity contribution >= 4 is 20.8 Å². The van der Waals surface area contributed by atoms with Crippen molar-refractivity contribution in [2.45, 2.75) is 31.2 Å². The van der Waals surface area contributed by atoms with Crippen molar-refractivity contribution in [2.75, 3.05) is 7.11 Å². The van der Waals surface area contributed by atoms with Crippen LogP contribution in [-0.4, -0.2) is 21.6 Å². The summed E-state index contributed by atoms with van der Waals surface area (Å²) in [7, 11) is -1.95. The van der Waals surface area contributed by atoms with Crippen LogP contribution < -0.4 is 9.46 Å². The maximum atomic E-state index is 12.5. The average molecular weight is 293 g/mol. The van der Waals surface area contributed by atoms with Crippen LogP contribution in [0.1, 0.15) is 20.3 Å². The monoisotopic (exact) mass is 293 g/mol. The third-order valence-electron chi connectivity index (χ3n) is 3.32. The van der Waals surface area contributed by atoms with E-state index in [0.29, 0.717) is 11.1 Å². The summed E-state index contributed by atoms with van der Waals surface area (Å²) in [6.45, 7) is 3.79. The molecular formula is C15H19NO3S. The van der Waals surface area contributed by atoms with Gasteiger partial charge in [0.25, 0.3) is 0 Å². The molecule has 2 rings (SSSR count). The van der Waals surface area contributed by atoms with E-state index in [2.05, 4.69) is 4.72 Å². The first-order valence-corrected chi connectivity index (χ1v) is 8.06.